The van der Waals surface area contributed by atoms with Gasteiger partial charge >= 0.3 is 6.18 Å². The van der Waals surface area contributed by atoms with Crippen LogP contribution in [0, 0.1) is 0 Å². The van der Waals surface area contributed by atoms with Gasteiger partial charge < -0.3 is 4.90 Å². The smallest absolute Gasteiger partial charge is 0.336 e. The molecule has 3 aromatic rings. The lowest BCUT2D eigenvalue weighted by molar-refractivity contribution is -0.142. The van der Waals surface area contributed by atoms with Gasteiger partial charge in [0, 0.05) is 31.4 Å². The summed E-state index contributed by atoms with van der Waals surface area (Å²) in [4.78, 5) is 18.7. The van der Waals surface area contributed by atoms with Gasteiger partial charge in [-0.1, -0.05) is 0 Å². The molecule has 0 N–H and O–H groups in total. The third kappa shape index (κ3) is 3.75. The zero-order valence-electron chi connectivity index (χ0n) is 15.7. The zero-order valence-corrected chi connectivity index (χ0v) is 17.3. The van der Waals surface area contributed by atoms with E-state index in [1.165, 1.54) is 4.90 Å². The Hall–Kier alpha value is -2.43. The van der Waals surface area contributed by atoms with Crippen molar-refractivity contribution in [3.8, 4) is 0 Å². The summed E-state index contributed by atoms with van der Waals surface area (Å²) in [5.74, 6) is -0.461. The summed E-state index contributed by atoms with van der Waals surface area (Å²) >= 11 is 3.41. The predicted molar refractivity (Wildman–Crippen MR) is 101 cm³/mol. The van der Waals surface area contributed by atoms with E-state index in [9.17, 15) is 18.0 Å². The van der Waals surface area contributed by atoms with Gasteiger partial charge in [0.15, 0.2) is 5.65 Å². The number of alkyl halides is 3. The van der Waals surface area contributed by atoms with E-state index in [-0.39, 0.29) is 23.7 Å². The lowest BCUT2D eigenvalue weighted by Crippen LogP contribution is -2.27. The number of nitrogens with zero attached hydrogens (tertiary/aromatic N) is 6. The Morgan fingerprint density at radius 3 is 2.69 bits per heavy atom. The Morgan fingerprint density at radius 1 is 1.38 bits per heavy atom. The summed E-state index contributed by atoms with van der Waals surface area (Å²) in [5.41, 5.74) is 0.0482. The molecule has 1 aliphatic carbocycles. The molecule has 0 atom stereocenters. The van der Waals surface area contributed by atoms with Crippen LogP contribution in [-0.4, -0.2) is 42.2 Å². The lowest BCUT2D eigenvalue weighted by Gasteiger charge is -2.16. The number of aryl methyl sites for hydroxylation is 1. The van der Waals surface area contributed by atoms with Gasteiger partial charge in [0.25, 0.3) is 5.91 Å². The number of rotatable bonds is 5. The highest BCUT2D eigenvalue weighted by atomic mass is 79.9. The highest BCUT2D eigenvalue weighted by molar-refractivity contribution is 9.10. The van der Waals surface area contributed by atoms with Gasteiger partial charge in [-0.2, -0.15) is 23.4 Å². The molecule has 3 aromatic heterocycles. The van der Waals surface area contributed by atoms with Crippen LogP contribution >= 0.6 is 15.9 Å². The van der Waals surface area contributed by atoms with Gasteiger partial charge in [-0.25, -0.2) is 9.50 Å². The number of halogens is 4. The Kier molecular flexibility index (Phi) is 4.88. The molecule has 0 unspecified atom stereocenters. The molecule has 1 saturated carbocycles. The van der Waals surface area contributed by atoms with E-state index < -0.39 is 17.8 Å². The minimum atomic E-state index is -4.60. The maximum absolute atomic E-state index is 13.5. The molecule has 0 aliphatic heterocycles. The molecular formula is C18H18BrF3N6O. The highest BCUT2D eigenvalue weighted by Crippen LogP contribution is 2.41. The molecule has 0 radical (unpaired) electrons. The summed E-state index contributed by atoms with van der Waals surface area (Å²) < 4.78 is 43.7. The van der Waals surface area contributed by atoms with Crippen LogP contribution in [0.3, 0.4) is 0 Å². The van der Waals surface area contributed by atoms with Crippen LogP contribution in [0.4, 0.5) is 13.2 Å². The minimum Gasteiger partial charge on any atom is -0.336 e. The second kappa shape index (κ2) is 7.12. The van der Waals surface area contributed by atoms with Crippen LogP contribution in [0.5, 0.6) is 0 Å². The first-order valence-corrected chi connectivity index (χ1v) is 9.91. The van der Waals surface area contributed by atoms with E-state index in [4.69, 9.17) is 0 Å². The maximum Gasteiger partial charge on any atom is 0.433 e. The lowest BCUT2D eigenvalue weighted by atomic mass is 10.2. The molecule has 11 heteroatoms. The van der Waals surface area contributed by atoms with Gasteiger partial charge in [-0.15, -0.1) is 0 Å². The Bertz CT molecular complexity index is 1090. The fourth-order valence-electron chi connectivity index (χ4n) is 3.13. The first-order chi connectivity index (χ1) is 13.7. The van der Waals surface area contributed by atoms with E-state index >= 15 is 0 Å². The largest absolute Gasteiger partial charge is 0.433 e. The summed E-state index contributed by atoms with van der Waals surface area (Å²) in [5, 5.41) is 8.19. The second-order valence-corrected chi connectivity index (χ2v) is 7.93. The van der Waals surface area contributed by atoms with E-state index in [0.29, 0.717) is 22.4 Å². The normalized spacial score (nSPS) is 14.6. The molecule has 0 spiro atoms. The summed E-state index contributed by atoms with van der Waals surface area (Å²) in [7, 11) is 1.57. The van der Waals surface area contributed by atoms with Gasteiger partial charge in [0.1, 0.15) is 11.3 Å². The number of fused-ring (bicyclic) bond motifs is 1. The van der Waals surface area contributed by atoms with Crippen LogP contribution in [0.1, 0.15) is 53.1 Å². The number of hydrogen-bond acceptors (Lipinski definition) is 4. The predicted octanol–water partition coefficient (Wildman–Crippen LogP) is 3.88. The number of carbonyl (C=O) groups excluding carboxylic acids is 1. The van der Waals surface area contributed by atoms with Crippen molar-refractivity contribution in [1.82, 2.24) is 29.3 Å². The molecule has 1 aliphatic rings. The molecule has 29 heavy (non-hydrogen) atoms. The summed E-state index contributed by atoms with van der Waals surface area (Å²) in [6.07, 6.45) is -0.0481. The zero-order chi connectivity index (χ0) is 20.9. The molecule has 1 amide bonds. The molecule has 4 rings (SSSR count). The quantitative estimate of drug-likeness (QED) is 0.567. The highest BCUT2D eigenvalue weighted by Gasteiger charge is 2.38. The maximum atomic E-state index is 13.5. The molecule has 0 aromatic carbocycles. The minimum absolute atomic E-state index is 0.00523. The number of amides is 1. The van der Waals surface area contributed by atoms with E-state index in [0.717, 1.165) is 29.6 Å². The number of aromatic nitrogens is 5. The monoisotopic (exact) mass is 470 g/mol. The van der Waals surface area contributed by atoms with Gasteiger partial charge in [0.2, 0.25) is 0 Å². The first-order valence-electron chi connectivity index (χ1n) is 9.12. The van der Waals surface area contributed by atoms with Crippen LogP contribution in [0.2, 0.25) is 0 Å². The Balaban J connectivity index is 1.70. The third-order valence-corrected chi connectivity index (χ3v) is 5.52. The van der Waals surface area contributed by atoms with Crippen LogP contribution in [0.25, 0.3) is 5.65 Å². The van der Waals surface area contributed by atoms with E-state index in [1.54, 1.807) is 11.7 Å². The van der Waals surface area contributed by atoms with Crippen molar-refractivity contribution in [2.75, 3.05) is 7.05 Å². The fourth-order valence-corrected chi connectivity index (χ4v) is 3.57. The van der Waals surface area contributed by atoms with Crippen molar-refractivity contribution < 1.29 is 18.0 Å². The Morgan fingerprint density at radius 2 is 2.10 bits per heavy atom. The standard InChI is InChI=1S/C18H18BrF3N6O/c1-3-27-8-12(19)14(25-27)9-26(2)17(29)11-7-23-28-15(18(20,21)22)6-13(10-4-5-10)24-16(11)28/h6-8,10H,3-5,9H2,1-2H3. The molecule has 7 nitrogen and oxygen atoms in total. The van der Waals surface area contributed by atoms with Crippen LogP contribution in [0.15, 0.2) is 22.9 Å². The van der Waals surface area contributed by atoms with Gasteiger partial charge in [-0.05, 0) is 41.8 Å². The van der Waals surface area contributed by atoms with Crippen molar-refractivity contribution in [2.45, 2.75) is 44.9 Å². The van der Waals surface area contributed by atoms with Crippen LogP contribution < -0.4 is 0 Å². The van der Waals surface area contributed by atoms with E-state index in [2.05, 4.69) is 31.1 Å². The van der Waals surface area contributed by atoms with Gasteiger partial charge in [0.05, 0.1) is 22.9 Å². The van der Waals surface area contributed by atoms with Crippen molar-refractivity contribution in [3.05, 3.63) is 45.6 Å². The van der Waals surface area contributed by atoms with Crippen molar-refractivity contribution in [2.24, 2.45) is 0 Å². The molecule has 1 fully saturated rings. The van der Waals surface area contributed by atoms with Crippen molar-refractivity contribution >= 4 is 27.5 Å². The molecule has 3 heterocycles. The molecule has 154 valence electrons. The number of carbonyl (C=O) groups is 1. The second-order valence-electron chi connectivity index (χ2n) is 7.07. The third-order valence-electron chi connectivity index (χ3n) is 4.85. The van der Waals surface area contributed by atoms with Gasteiger partial charge in [-0.3, -0.25) is 9.48 Å². The van der Waals surface area contributed by atoms with Crippen molar-refractivity contribution in [3.63, 3.8) is 0 Å². The summed E-state index contributed by atoms with van der Waals surface area (Å²) in [6, 6.07) is 1.03. The van der Waals surface area contributed by atoms with Crippen LogP contribution in [-0.2, 0) is 19.3 Å². The van der Waals surface area contributed by atoms with E-state index in [1.807, 2.05) is 13.1 Å². The summed E-state index contributed by atoms with van der Waals surface area (Å²) in [6.45, 7) is 2.81. The molecule has 0 bridgehead atoms. The fraction of sp³-hybridized carbons (Fsp3) is 0.444. The average molecular weight is 471 g/mol. The average Bonchev–Trinajstić information content (AvgIpc) is 3.34. The molecular weight excluding hydrogens is 453 g/mol. The number of hydrogen-bond donors (Lipinski definition) is 0. The SMILES string of the molecule is CCn1cc(Br)c(CN(C)C(=O)c2cnn3c(C(F)(F)F)cc(C4CC4)nc23)n1. The Labute approximate surface area is 172 Å². The topological polar surface area (TPSA) is 68.3 Å². The van der Waals surface area contributed by atoms with Crippen molar-refractivity contribution in [1.29, 1.82) is 0 Å². The first kappa shape index (κ1) is 19.9. The molecule has 0 saturated heterocycles.